The fraction of sp³-hybridized carbons (Fsp3) is 0.235. The van der Waals surface area contributed by atoms with Crippen molar-refractivity contribution in [2.24, 2.45) is 5.92 Å². The molecule has 2 amide bonds. The number of rotatable bonds is 3. The third-order valence-electron chi connectivity index (χ3n) is 4.25. The van der Waals surface area contributed by atoms with E-state index in [4.69, 9.17) is 11.6 Å². The molecule has 2 atom stereocenters. The van der Waals surface area contributed by atoms with Gasteiger partial charge in [0.05, 0.1) is 5.69 Å². The number of benzene rings is 1. The molecule has 26 heavy (non-hydrogen) atoms. The van der Waals surface area contributed by atoms with Crippen molar-refractivity contribution in [2.45, 2.75) is 5.92 Å². The van der Waals surface area contributed by atoms with Crippen LogP contribution >= 0.6 is 11.6 Å². The van der Waals surface area contributed by atoms with Crippen LogP contribution in [-0.4, -0.2) is 35.3 Å². The molecule has 3 rings (SSSR count). The van der Waals surface area contributed by atoms with Crippen molar-refractivity contribution in [2.75, 3.05) is 18.9 Å². The lowest BCUT2D eigenvalue weighted by Gasteiger charge is -2.17. The monoisotopic (exact) mass is 383 g/mol. The van der Waals surface area contributed by atoms with Crippen molar-refractivity contribution in [3.63, 3.8) is 0 Å². The Morgan fingerprint density at radius 3 is 2.73 bits per heavy atom. The van der Waals surface area contributed by atoms with E-state index >= 15 is 0 Å². The molecule has 2 heterocycles. The van der Waals surface area contributed by atoms with Crippen molar-refractivity contribution < 1.29 is 22.8 Å². The van der Waals surface area contributed by atoms with Crippen molar-refractivity contribution in [3.05, 3.63) is 58.6 Å². The van der Waals surface area contributed by atoms with E-state index in [1.165, 1.54) is 30.3 Å². The summed E-state index contributed by atoms with van der Waals surface area (Å²) < 4.78 is 40.8. The van der Waals surface area contributed by atoms with E-state index in [1.807, 2.05) is 0 Å². The van der Waals surface area contributed by atoms with Crippen LogP contribution in [0, 0.1) is 23.4 Å². The van der Waals surface area contributed by atoms with Gasteiger partial charge in [0.2, 0.25) is 11.8 Å². The van der Waals surface area contributed by atoms with Crippen molar-refractivity contribution in [1.82, 2.24) is 9.88 Å². The van der Waals surface area contributed by atoms with E-state index in [-0.39, 0.29) is 17.4 Å². The van der Waals surface area contributed by atoms with Gasteiger partial charge in [-0.1, -0.05) is 17.7 Å². The fourth-order valence-electron chi connectivity index (χ4n) is 2.94. The number of hydrogen-bond donors (Lipinski definition) is 1. The second-order valence-corrected chi connectivity index (χ2v) is 6.29. The molecular formula is C17H13ClF3N3O2. The summed E-state index contributed by atoms with van der Waals surface area (Å²) in [5.41, 5.74) is -0.0685. The molecule has 1 aliphatic rings. The standard InChI is InChI=1S/C17H13ClF3N3O2/c1-24-7-9(8-5-11(20)15(18)22-6-8)13(17(24)26)16(25)23-12-4-2-3-10(19)14(12)21/h2-6,9,13H,7H2,1H3,(H,23,25)/t9-,13+/m0/s1. The van der Waals surface area contributed by atoms with Crippen molar-refractivity contribution in [3.8, 4) is 0 Å². The third kappa shape index (κ3) is 3.24. The molecule has 1 fully saturated rings. The number of likely N-dealkylation sites (N-methyl/N-ethyl adjacent to an activating group) is 1. The highest BCUT2D eigenvalue weighted by molar-refractivity contribution is 6.29. The van der Waals surface area contributed by atoms with E-state index in [2.05, 4.69) is 10.3 Å². The number of amides is 2. The zero-order valence-electron chi connectivity index (χ0n) is 13.5. The number of nitrogens with one attached hydrogen (secondary N) is 1. The molecular weight excluding hydrogens is 371 g/mol. The molecule has 1 aromatic heterocycles. The molecule has 0 aliphatic carbocycles. The normalized spacial score (nSPS) is 19.7. The first-order valence-electron chi connectivity index (χ1n) is 7.60. The van der Waals surface area contributed by atoms with Gasteiger partial charge in [-0.15, -0.1) is 0 Å². The molecule has 2 aromatic rings. The number of likely N-dealkylation sites (tertiary alicyclic amines) is 1. The summed E-state index contributed by atoms with van der Waals surface area (Å²) >= 11 is 5.56. The lowest BCUT2D eigenvalue weighted by molar-refractivity contribution is -0.135. The molecule has 1 aromatic carbocycles. The minimum Gasteiger partial charge on any atom is -0.344 e. The minimum absolute atomic E-state index is 0.144. The number of anilines is 1. The number of hydrogen-bond acceptors (Lipinski definition) is 3. The largest absolute Gasteiger partial charge is 0.344 e. The maximum atomic E-state index is 13.8. The average Bonchev–Trinajstić information content (AvgIpc) is 2.89. The summed E-state index contributed by atoms with van der Waals surface area (Å²) in [6, 6.07) is 4.42. The van der Waals surface area contributed by atoms with Gasteiger partial charge in [0.1, 0.15) is 5.92 Å². The second kappa shape index (κ2) is 6.95. The van der Waals surface area contributed by atoms with Gasteiger partial charge in [-0.3, -0.25) is 9.59 Å². The summed E-state index contributed by atoms with van der Waals surface area (Å²) in [6.07, 6.45) is 1.28. The van der Waals surface area contributed by atoms with Crippen LogP contribution in [0.2, 0.25) is 5.15 Å². The number of pyridine rings is 1. The Balaban J connectivity index is 1.91. The van der Waals surface area contributed by atoms with E-state index in [9.17, 15) is 22.8 Å². The number of aromatic nitrogens is 1. The van der Waals surface area contributed by atoms with Crippen molar-refractivity contribution >= 4 is 29.1 Å². The predicted octanol–water partition coefficient (Wildman–Crippen LogP) is 2.96. The molecule has 0 radical (unpaired) electrons. The Morgan fingerprint density at radius 1 is 1.31 bits per heavy atom. The Morgan fingerprint density at radius 2 is 2.04 bits per heavy atom. The number of halogens is 4. The van der Waals surface area contributed by atoms with Gasteiger partial charge in [-0.05, 0) is 23.8 Å². The van der Waals surface area contributed by atoms with E-state index < -0.39 is 41.1 Å². The molecule has 0 unspecified atom stereocenters. The number of carbonyl (C=O) groups is 2. The third-order valence-corrected chi connectivity index (χ3v) is 4.53. The molecule has 0 saturated carbocycles. The van der Waals surface area contributed by atoms with Crippen LogP contribution in [0.5, 0.6) is 0 Å². The Labute approximate surface area is 151 Å². The zero-order valence-corrected chi connectivity index (χ0v) is 14.2. The minimum atomic E-state index is -1.23. The van der Waals surface area contributed by atoms with Gasteiger partial charge in [0.15, 0.2) is 22.6 Å². The van der Waals surface area contributed by atoms with Gasteiger partial charge in [-0.2, -0.15) is 0 Å². The molecule has 0 bridgehead atoms. The van der Waals surface area contributed by atoms with Gasteiger partial charge in [0, 0.05) is 25.7 Å². The first-order valence-corrected chi connectivity index (χ1v) is 7.98. The lowest BCUT2D eigenvalue weighted by atomic mass is 9.88. The maximum Gasteiger partial charge on any atom is 0.237 e. The zero-order chi connectivity index (χ0) is 19.0. The van der Waals surface area contributed by atoms with Gasteiger partial charge in [0.25, 0.3) is 0 Å². The Kier molecular flexibility index (Phi) is 4.86. The van der Waals surface area contributed by atoms with Crippen LogP contribution < -0.4 is 5.32 Å². The molecule has 0 spiro atoms. The van der Waals surface area contributed by atoms with Crippen LogP contribution in [0.25, 0.3) is 0 Å². The molecule has 1 N–H and O–H groups in total. The number of carbonyl (C=O) groups excluding carboxylic acids is 2. The Bertz CT molecular complexity index is 894. The van der Waals surface area contributed by atoms with Crippen LogP contribution in [0.1, 0.15) is 11.5 Å². The van der Waals surface area contributed by atoms with Crippen LogP contribution in [0.4, 0.5) is 18.9 Å². The summed E-state index contributed by atoms with van der Waals surface area (Å²) in [6.45, 7) is 0.144. The van der Waals surface area contributed by atoms with E-state index in [0.717, 1.165) is 12.1 Å². The van der Waals surface area contributed by atoms with Gasteiger partial charge < -0.3 is 10.2 Å². The highest BCUT2D eigenvalue weighted by atomic mass is 35.5. The van der Waals surface area contributed by atoms with Gasteiger partial charge in [-0.25, -0.2) is 18.2 Å². The molecule has 1 saturated heterocycles. The summed E-state index contributed by atoms with van der Waals surface area (Å²) in [7, 11) is 1.49. The van der Waals surface area contributed by atoms with Crippen LogP contribution in [0.15, 0.2) is 30.5 Å². The number of nitrogens with zero attached hydrogens (tertiary/aromatic N) is 2. The average molecular weight is 384 g/mol. The molecule has 5 nitrogen and oxygen atoms in total. The first kappa shape index (κ1) is 18.2. The fourth-order valence-corrected chi connectivity index (χ4v) is 3.05. The van der Waals surface area contributed by atoms with E-state index in [1.54, 1.807) is 0 Å². The van der Waals surface area contributed by atoms with E-state index in [0.29, 0.717) is 5.56 Å². The summed E-state index contributed by atoms with van der Waals surface area (Å²) in [5.74, 6) is -6.40. The lowest BCUT2D eigenvalue weighted by Crippen LogP contribution is -2.33. The SMILES string of the molecule is CN1C[C@@H](c2cnc(Cl)c(F)c2)[C@H](C(=O)Nc2cccc(F)c2F)C1=O. The highest BCUT2D eigenvalue weighted by Gasteiger charge is 2.44. The molecule has 9 heteroatoms. The summed E-state index contributed by atoms with van der Waals surface area (Å²) in [5, 5.41) is 1.90. The van der Waals surface area contributed by atoms with Crippen LogP contribution in [-0.2, 0) is 9.59 Å². The highest BCUT2D eigenvalue weighted by Crippen LogP contribution is 2.34. The van der Waals surface area contributed by atoms with Gasteiger partial charge >= 0.3 is 0 Å². The molecule has 1 aliphatic heterocycles. The topological polar surface area (TPSA) is 62.3 Å². The smallest absolute Gasteiger partial charge is 0.237 e. The van der Waals surface area contributed by atoms with Crippen LogP contribution in [0.3, 0.4) is 0 Å². The Hall–Kier alpha value is -2.61. The summed E-state index contributed by atoms with van der Waals surface area (Å²) in [4.78, 5) is 30.0. The maximum absolute atomic E-state index is 13.8. The predicted molar refractivity (Wildman–Crippen MR) is 88.1 cm³/mol. The quantitative estimate of drug-likeness (QED) is 0.654. The molecule has 136 valence electrons. The first-order chi connectivity index (χ1) is 12.3. The van der Waals surface area contributed by atoms with Crippen molar-refractivity contribution in [1.29, 1.82) is 0 Å². The second-order valence-electron chi connectivity index (χ2n) is 5.93.